The molecule has 1 unspecified atom stereocenters. The normalized spacial score (nSPS) is 23.9. The predicted octanol–water partition coefficient (Wildman–Crippen LogP) is 2.78. The molecule has 0 saturated carbocycles. The maximum atomic E-state index is 13.0. The first-order chi connectivity index (χ1) is 11.7. The van der Waals surface area contributed by atoms with Crippen molar-refractivity contribution in [2.75, 3.05) is 25.5 Å². The summed E-state index contributed by atoms with van der Waals surface area (Å²) < 4.78 is 5.94. The minimum atomic E-state index is -0.885. The number of thiazole rings is 1. The maximum Gasteiger partial charge on any atom is 0.263 e. The number of nitrogens with zero attached hydrogens (tertiary/aromatic N) is 2. The molecule has 24 heavy (non-hydrogen) atoms. The van der Waals surface area contributed by atoms with Crippen LogP contribution in [-0.2, 0) is 28.1 Å². The largest absolute Gasteiger partial charge is 0.360 e. The number of fused-ring (bicyclic) bond motifs is 1. The third-order valence-corrected chi connectivity index (χ3v) is 5.77. The SMILES string of the molecule is CN1CCc2nc(NC(=O)C3(c4ccccc4)CCCO3)sc2C1. The van der Waals surface area contributed by atoms with Gasteiger partial charge in [-0.05, 0) is 25.5 Å². The molecule has 1 aromatic heterocycles. The number of rotatable bonds is 3. The number of nitrogens with one attached hydrogen (secondary N) is 1. The Morgan fingerprint density at radius 1 is 1.38 bits per heavy atom. The highest BCUT2D eigenvalue weighted by molar-refractivity contribution is 7.15. The lowest BCUT2D eigenvalue weighted by Crippen LogP contribution is -2.39. The van der Waals surface area contributed by atoms with Crippen molar-refractivity contribution in [2.24, 2.45) is 0 Å². The Bertz CT molecular complexity index is 738. The van der Waals surface area contributed by atoms with Gasteiger partial charge in [0.25, 0.3) is 5.91 Å². The van der Waals surface area contributed by atoms with Crippen LogP contribution in [-0.4, -0.2) is 36.0 Å². The highest BCUT2D eigenvalue weighted by Crippen LogP contribution is 2.38. The fraction of sp³-hybridized carbons (Fsp3) is 0.444. The molecule has 0 spiro atoms. The molecule has 2 aliphatic rings. The Hall–Kier alpha value is -1.76. The zero-order chi connectivity index (χ0) is 16.6. The number of hydrogen-bond donors (Lipinski definition) is 1. The van der Waals surface area contributed by atoms with Gasteiger partial charge in [-0.25, -0.2) is 4.98 Å². The van der Waals surface area contributed by atoms with Crippen LogP contribution < -0.4 is 5.32 Å². The Morgan fingerprint density at radius 3 is 2.96 bits per heavy atom. The summed E-state index contributed by atoms with van der Waals surface area (Å²) in [6.07, 6.45) is 2.54. The lowest BCUT2D eigenvalue weighted by molar-refractivity contribution is -0.136. The number of anilines is 1. The van der Waals surface area contributed by atoms with Gasteiger partial charge in [-0.15, -0.1) is 11.3 Å². The fourth-order valence-electron chi connectivity index (χ4n) is 3.46. The summed E-state index contributed by atoms with van der Waals surface area (Å²) in [5.74, 6) is -0.106. The number of aromatic nitrogens is 1. The van der Waals surface area contributed by atoms with E-state index >= 15 is 0 Å². The quantitative estimate of drug-likeness (QED) is 0.931. The summed E-state index contributed by atoms with van der Waals surface area (Å²) in [7, 11) is 2.11. The van der Waals surface area contributed by atoms with E-state index in [0.29, 0.717) is 18.2 Å². The first-order valence-electron chi connectivity index (χ1n) is 8.35. The summed E-state index contributed by atoms with van der Waals surface area (Å²) in [5.41, 5.74) is 1.15. The second kappa shape index (κ2) is 6.27. The third-order valence-electron chi connectivity index (χ3n) is 4.77. The van der Waals surface area contributed by atoms with Crippen LogP contribution in [0.5, 0.6) is 0 Å². The predicted molar refractivity (Wildman–Crippen MR) is 94.1 cm³/mol. The lowest BCUT2D eigenvalue weighted by Gasteiger charge is -2.27. The van der Waals surface area contributed by atoms with E-state index in [9.17, 15) is 4.79 Å². The number of hydrogen-bond acceptors (Lipinski definition) is 5. The van der Waals surface area contributed by atoms with Gasteiger partial charge in [0, 0.05) is 31.0 Å². The Morgan fingerprint density at radius 2 is 2.21 bits per heavy atom. The van der Waals surface area contributed by atoms with Gasteiger partial charge in [-0.2, -0.15) is 0 Å². The number of carbonyl (C=O) groups excluding carboxylic acids is 1. The van der Waals surface area contributed by atoms with Gasteiger partial charge >= 0.3 is 0 Å². The van der Waals surface area contributed by atoms with Crippen LogP contribution in [0.3, 0.4) is 0 Å². The fourth-order valence-corrected chi connectivity index (χ4v) is 4.54. The second-order valence-electron chi connectivity index (χ2n) is 6.48. The van der Waals surface area contributed by atoms with Gasteiger partial charge < -0.3 is 9.64 Å². The van der Waals surface area contributed by atoms with E-state index in [-0.39, 0.29) is 5.91 Å². The number of carbonyl (C=O) groups is 1. The molecule has 0 aliphatic carbocycles. The van der Waals surface area contributed by atoms with Crippen LogP contribution in [0.1, 0.15) is 29.0 Å². The van der Waals surface area contributed by atoms with Gasteiger partial charge in [-0.3, -0.25) is 10.1 Å². The van der Waals surface area contributed by atoms with Crippen molar-refractivity contribution < 1.29 is 9.53 Å². The smallest absolute Gasteiger partial charge is 0.263 e. The van der Waals surface area contributed by atoms with Gasteiger partial charge in [0.1, 0.15) is 0 Å². The molecule has 0 bridgehead atoms. The average molecular weight is 343 g/mol. The molecular formula is C18H21N3O2S. The molecule has 2 aliphatic heterocycles. The van der Waals surface area contributed by atoms with Crippen LogP contribution in [0.25, 0.3) is 0 Å². The summed E-state index contributed by atoms with van der Waals surface area (Å²) in [6, 6.07) is 9.78. The number of ether oxygens (including phenoxy) is 1. The molecule has 1 atom stereocenters. The van der Waals surface area contributed by atoms with E-state index in [1.807, 2.05) is 30.3 Å². The Labute approximate surface area is 145 Å². The minimum absolute atomic E-state index is 0.106. The third kappa shape index (κ3) is 2.75. The highest BCUT2D eigenvalue weighted by Gasteiger charge is 2.44. The van der Waals surface area contributed by atoms with Crippen LogP contribution in [0.2, 0.25) is 0 Å². The average Bonchev–Trinajstić information content (AvgIpc) is 3.22. The molecule has 1 saturated heterocycles. The number of benzene rings is 1. The summed E-state index contributed by atoms with van der Waals surface area (Å²) in [6.45, 7) is 2.53. The molecule has 1 N–H and O–H groups in total. The van der Waals surface area contributed by atoms with Crippen LogP contribution in [0.4, 0.5) is 5.13 Å². The standard InChI is InChI=1S/C18H21N3O2S/c1-21-10-8-14-15(12-21)24-17(19-14)20-16(22)18(9-5-11-23-18)13-6-3-2-4-7-13/h2-4,6-7H,5,8-12H2,1H3,(H,19,20,22). The van der Waals surface area contributed by atoms with E-state index < -0.39 is 5.60 Å². The van der Waals surface area contributed by atoms with E-state index in [1.54, 1.807) is 11.3 Å². The second-order valence-corrected chi connectivity index (χ2v) is 7.56. The van der Waals surface area contributed by atoms with Crippen molar-refractivity contribution >= 4 is 22.4 Å². The van der Waals surface area contributed by atoms with Crippen molar-refractivity contribution in [3.05, 3.63) is 46.5 Å². The van der Waals surface area contributed by atoms with Crippen molar-refractivity contribution in [3.63, 3.8) is 0 Å². The van der Waals surface area contributed by atoms with Gasteiger partial charge in [-0.1, -0.05) is 30.3 Å². The van der Waals surface area contributed by atoms with Crippen molar-refractivity contribution in [1.82, 2.24) is 9.88 Å². The van der Waals surface area contributed by atoms with Gasteiger partial charge in [0.2, 0.25) is 0 Å². The lowest BCUT2D eigenvalue weighted by atomic mass is 9.90. The molecule has 1 aromatic carbocycles. The van der Waals surface area contributed by atoms with E-state index in [2.05, 4.69) is 22.2 Å². The highest BCUT2D eigenvalue weighted by atomic mass is 32.1. The topological polar surface area (TPSA) is 54.5 Å². The zero-order valence-corrected chi connectivity index (χ0v) is 14.6. The Balaban J connectivity index is 1.59. The number of amides is 1. The molecule has 1 fully saturated rings. The van der Waals surface area contributed by atoms with Crippen molar-refractivity contribution in [3.8, 4) is 0 Å². The summed E-state index contributed by atoms with van der Waals surface area (Å²) >= 11 is 1.58. The molecule has 126 valence electrons. The maximum absolute atomic E-state index is 13.0. The molecule has 2 aromatic rings. The summed E-state index contributed by atoms with van der Waals surface area (Å²) in [4.78, 5) is 21.2. The first kappa shape index (κ1) is 15.7. The van der Waals surface area contributed by atoms with Crippen LogP contribution >= 0.6 is 11.3 Å². The molecule has 4 rings (SSSR count). The minimum Gasteiger partial charge on any atom is -0.360 e. The molecule has 3 heterocycles. The zero-order valence-electron chi connectivity index (χ0n) is 13.7. The monoisotopic (exact) mass is 343 g/mol. The molecule has 5 nitrogen and oxygen atoms in total. The van der Waals surface area contributed by atoms with E-state index in [0.717, 1.165) is 37.2 Å². The van der Waals surface area contributed by atoms with Crippen LogP contribution in [0.15, 0.2) is 30.3 Å². The molecule has 1 amide bonds. The number of likely N-dealkylation sites (N-methyl/N-ethyl adjacent to an activating group) is 1. The van der Waals surface area contributed by atoms with Crippen LogP contribution in [0, 0.1) is 0 Å². The molecule has 6 heteroatoms. The Kier molecular flexibility index (Phi) is 4.12. The summed E-state index contributed by atoms with van der Waals surface area (Å²) in [5, 5.41) is 3.71. The van der Waals surface area contributed by atoms with Crippen molar-refractivity contribution in [2.45, 2.75) is 31.4 Å². The first-order valence-corrected chi connectivity index (χ1v) is 9.17. The van der Waals surface area contributed by atoms with E-state index in [4.69, 9.17) is 4.74 Å². The van der Waals surface area contributed by atoms with Gasteiger partial charge in [0.05, 0.1) is 5.69 Å². The van der Waals surface area contributed by atoms with Gasteiger partial charge in [0.15, 0.2) is 10.7 Å². The molecular weight excluding hydrogens is 322 g/mol. The van der Waals surface area contributed by atoms with Crippen molar-refractivity contribution in [1.29, 1.82) is 0 Å². The van der Waals surface area contributed by atoms with E-state index in [1.165, 1.54) is 4.88 Å². The molecule has 0 radical (unpaired) electrons.